The highest BCUT2D eigenvalue weighted by atomic mass is 16.5. The first-order valence-corrected chi connectivity index (χ1v) is 5.62. The van der Waals surface area contributed by atoms with Gasteiger partial charge in [0.2, 0.25) is 0 Å². The molecule has 0 saturated carbocycles. The summed E-state index contributed by atoms with van der Waals surface area (Å²) in [5.41, 5.74) is 4.17. The maximum Gasteiger partial charge on any atom is 0.0465 e. The lowest BCUT2D eigenvalue weighted by atomic mass is 9.90. The van der Waals surface area contributed by atoms with E-state index in [1.807, 2.05) is 0 Å². The molecule has 1 aliphatic rings. The summed E-state index contributed by atoms with van der Waals surface area (Å²) >= 11 is 0. The van der Waals surface area contributed by atoms with E-state index in [1.54, 1.807) is 7.11 Å². The fraction of sp³-hybridized carbons (Fsp3) is 0.538. The molecule has 2 heteroatoms. The number of nitrogens with one attached hydrogen (secondary N) is 1. The molecule has 1 aromatic carbocycles. The van der Waals surface area contributed by atoms with Crippen molar-refractivity contribution in [1.82, 2.24) is 0 Å². The predicted octanol–water partition coefficient (Wildman–Crippen LogP) is 2.62. The van der Waals surface area contributed by atoms with Gasteiger partial charge in [-0.2, -0.15) is 0 Å². The number of benzene rings is 1. The molecular formula is C13H19NO. The smallest absolute Gasteiger partial charge is 0.0465 e. The summed E-state index contributed by atoms with van der Waals surface area (Å²) in [5.74, 6) is 0.722. The summed E-state index contributed by atoms with van der Waals surface area (Å²) in [7, 11) is 1.77. The molecule has 0 spiro atoms. The number of hydrogen-bond donors (Lipinski definition) is 1. The van der Waals surface area contributed by atoms with E-state index in [2.05, 4.69) is 30.4 Å². The lowest BCUT2D eigenvalue weighted by Crippen LogP contribution is -2.24. The number of para-hydroxylation sites is 1. The van der Waals surface area contributed by atoms with Crippen molar-refractivity contribution >= 4 is 5.69 Å². The Kier molecular flexibility index (Phi) is 3.27. The molecule has 1 aromatic rings. The Hall–Kier alpha value is -1.02. The van der Waals surface area contributed by atoms with Crippen molar-refractivity contribution in [2.24, 2.45) is 5.92 Å². The minimum absolute atomic E-state index is 0.722. The highest BCUT2D eigenvalue weighted by Gasteiger charge is 2.18. The van der Waals surface area contributed by atoms with E-state index in [-0.39, 0.29) is 0 Å². The standard InChI is InChI=1S/C13H19NO/c1-10-4-3-5-12-8-11(6-7-15-2)9-14-13(10)12/h3-5,11,14H,6-9H2,1-2H3. The molecule has 1 N–H and O–H groups in total. The van der Waals surface area contributed by atoms with Crippen LogP contribution >= 0.6 is 0 Å². The van der Waals surface area contributed by atoms with Crippen LogP contribution in [0.4, 0.5) is 5.69 Å². The van der Waals surface area contributed by atoms with Gasteiger partial charge < -0.3 is 10.1 Å². The van der Waals surface area contributed by atoms with Crippen molar-refractivity contribution in [1.29, 1.82) is 0 Å². The molecule has 0 aliphatic carbocycles. The van der Waals surface area contributed by atoms with Crippen LogP contribution in [0.5, 0.6) is 0 Å². The number of rotatable bonds is 3. The zero-order valence-corrected chi connectivity index (χ0v) is 9.55. The fourth-order valence-corrected chi connectivity index (χ4v) is 2.27. The van der Waals surface area contributed by atoms with Gasteiger partial charge in [-0.15, -0.1) is 0 Å². The van der Waals surface area contributed by atoms with Crippen LogP contribution in [-0.4, -0.2) is 20.3 Å². The summed E-state index contributed by atoms with van der Waals surface area (Å²) in [6.45, 7) is 4.12. The largest absolute Gasteiger partial charge is 0.385 e. The van der Waals surface area contributed by atoms with Gasteiger partial charge in [-0.25, -0.2) is 0 Å². The minimum Gasteiger partial charge on any atom is -0.385 e. The fourth-order valence-electron chi connectivity index (χ4n) is 2.27. The van der Waals surface area contributed by atoms with Crippen LogP contribution in [0.1, 0.15) is 17.5 Å². The van der Waals surface area contributed by atoms with E-state index in [0.717, 1.165) is 25.5 Å². The van der Waals surface area contributed by atoms with Crippen molar-refractivity contribution < 1.29 is 4.74 Å². The zero-order chi connectivity index (χ0) is 10.7. The Morgan fingerprint density at radius 1 is 1.47 bits per heavy atom. The maximum absolute atomic E-state index is 5.13. The molecular weight excluding hydrogens is 186 g/mol. The van der Waals surface area contributed by atoms with E-state index >= 15 is 0 Å². The second-order valence-electron chi connectivity index (χ2n) is 4.34. The molecule has 0 amide bonds. The molecule has 0 radical (unpaired) electrons. The molecule has 0 bridgehead atoms. The topological polar surface area (TPSA) is 21.3 Å². The van der Waals surface area contributed by atoms with Gasteiger partial charge in [0.05, 0.1) is 0 Å². The summed E-state index contributed by atoms with van der Waals surface area (Å²) < 4.78 is 5.13. The number of methoxy groups -OCH3 is 1. The molecule has 2 nitrogen and oxygen atoms in total. The van der Waals surface area contributed by atoms with Crippen LogP contribution in [0.2, 0.25) is 0 Å². The first kappa shape index (κ1) is 10.5. The van der Waals surface area contributed by atoms with Crippen molar-refractivity contribution in [2.75, 3.05) is 25.6 Å². The van der Waals surface area contributed by atoms with Gasteiger partial charge in [0.1, 0.15) is 0 Å². The molecule has 1 heterocycles. The van der Waals surface area contributed by atoms with Crippen LogP contribution in [0.25, 0.3) is 0 Å². The zero-order valence-electron chi connectivity index (χ0n) is 9.55. The summed E-state index contributed by atoms with van der Waals surface area (Å²) in [4.78, 5) is 0. The summed E-state index contributed by atoms with van der Waals surface area (Å²) in [6, 6.07) is 6.55. The number of ether oxygens (including phenoxy) is 1. The Morgan fingerprint density at radius 3 is 3.13 bits per heavy atom. The third kappa shape index (κ3) is 2.32. The highest BCUT2D eigenvalue weighted by molar-refractivity contribution is 5.58. The summed E-state index contributed by atoms with van der Waals surface area (Å²) in [6.07, 6.45) is 2.34. The third-order valence-electron chi connectivity index (χ3n) is 3.17. The quantitative estimate of drug-likeness (QED) is 0.819. The van der Waals surface area contributed by atoms with Crippen LogP contribution in [-0.2, 0) is 11.2 Å². The van der Waals surface area contributed by atoms with Crippen LogP contribution in [0.15, 0.2) is 18.2 Å². The van der Waals surface area contributed by atoms with Gasteiger partial charge in [-0.05, 0) is 36.8 Å². The molecule has 1 unspecified atom stereocenters. The first-order chi connectivity index (χ1) is 7.31. The average molecular weight is 205 g/mol. The molecule has 15 heavy (non-hydrogen) atoms. The lowest BCUT2D eigenvalue weighted by molar-refractivity contribution is 0.178. The van der Waals surface area contributed by atoms with Gasteiger partial charge >= 0.3 is 0 Å². The molecule has 1 atom stereocenters. The van der Waals surface area contributed by atoms with Crippen molar-refractivity contribution in [3.8, 4) is 0 Å². The minimum atomic E-state index is 0.722. The molecule has 1 aliphatic heterocycles. The number of anilines is 1. The number of aryl methyl sites for hydroxylation is 1. The van der Waals surface area contributed by atoms with E-state index in [1.165, 1.54) is 23.2 Å². The highest BCUT2D eigenvalue weighted by Crippen LogP contribution is 2.28. The normalized spacial score (nSPS) is 19.5. The van der Waals surface area contributed by atoms with E-state index in [0.29, 0.717) is 0 Å². The molecule has 0 fully saturated rings. The monoisotopic (exact) mass is 205 g/mol. The van der Waals surface area contributed by atoms with Crippen molar-refractivity contribution in [3.05, 3.63) is 29.3 Å². The molecule has 2 rings (SSSR count). The molecule has 82 valence electrons. The Balaban J connectivity index is 2.07. The van der Waals surface area contributed by atoms with Gasteiger partial charge in [-0.1, -0.05) is 18.2 Å². The number of hydrogen-bond acceptors (Lipinski definition) is 2. The van der Waals surface area contributed by atoms with Crippen molar-refractivity contribution in [2.45, 2.75) is 19.8 Å². The predicted molar refractivity (Wildman–Crippen MR) is 63.4 cm³/mol. The van der Waals surface area contributed by atoms with Crippen LogP contribution in [0, 0.1) is 12.8 Å². The van der Waals surface area contributed by atoms with Gasteiger partial charge in [0.15, 0.2) is 0 Å². The van der Waals surface area contributed by atoms with Gasteiger partial charge in [0, 0.05) is 25.9 Å². The second-order valence-corrected chi connectivity index (χ2v) is 4.34. The summed E-state index contributed by atoms with van der Waals surface area (Å²) in [5, 5.41) is 3.53. The van der Waals surface area contributed by atoms with E-state index in [4.69, 9.17) is 4.74 Å². The molecule has 0 aromatic heterocycles. The first-order valence-electron chi connectivity index (χ1n) is 5.62. The lowest BCUT2D eigenvalue weighted by Gasteiger charge is -2.27. The van der Waals surface area contributed by atoms with E-state index < -0.39 is 0 Å². The Labute approximate surface area is 91.6 Å². The number of fused-ring (bicyclic) bond motifs is 1. The third-order valence-corrected chi connectivity index (χ3v) is 3.17. The SMILES string of the molecule is COCCC1CNc2c(C)cccc2C1. The van der Waals surface area contributed by atoms with E-state index in [9.17, 15) is 0 Å². The van der Waals surface area contributed by atoms with Crippen LogP contribution in [0.3, 0.4) is 0 Å². The second kappa shape index (κ2) is 4.67. The van der Waals surface area contributed by atoms with Crippen molar-refractivity contribution in [3.63, 3.8) is 0 Å². The van der Waals surface area contributed by atoms with Gasteiger partial charge in [0.25, 0.3) is 0 Å². The van der Waals surface area contributed by atoms with Crippen LogP contribution < -0.4 is 5.32 Å². The Bertz CT molecular complexity index is 335. The average Bonchev–Trinajstić information content (AvgIpc) is 2.26. The Morgan fingerprint density at radius 2 is 2.33 bits per heavy atom. The maximum atomic E-state index is 5.13. The molecule has 0 saturated heterocycles. The van der Waals surface area contributed by atoms with Gasteiger partial charge in [-0.3, -0.25) is 0 Å².